The van der Waals surface area contributed by atoms with Crippen LogP contribution in [0, 0.1) is 10.1 Å². The summed E-state index contributed by atoms with van der Waals surface area (Å²) in [5, 5.41) is 15.6. The summed E-state index contributed by atoms with van der Waals surface area (Å²) in [6.07, 6.45) is 0.433. The molecule has 1 aromatic carbocycles. The zero-order chi connectivity index (χ0) is 19.8. The Morgan fingerprint density at radius 2 is 1.96 bits per heavy atom. The van der Waals surface area contributed by atoms with Gasteiger partial charge in [-0.25, -0.2) is 0 Å². The highest BCUT2D eigenvalue weighted by molar-refractivity contribution is 7.16. The third kappa shape index (κ3) is 3.90. The van der Waals surface area contributed by atoms with Crippen molar-refractivity contribution in [1.29, 1.82) is 0 Å². The van der Waals surface area contributed by atoms with Crippen molar-refractivity contribution in [2.75, 3.05) is 12.3 Å². The Bertz CT molecular complexity index is 1050. The molecule has 3 rings (SSSR count). The third-order valence-corrected chi connectivity index (χ3v) is 4.91. The highest BCUT2D eigenvalue weighted by Gasteiger charge is 2.23. The van der Waals surface area contributed by atoms with Crippen LogP contribution in [0.1, 0.15) is 31.3 Å². The van der Waals surface area contributed by atoms with Crippen molar-refractivity contribution < 1.29 is 9.66 Å². The van der Waals surface area contributed by atoms with Gasteiger partial charge in [0.1, 0.15) is 10.8 Å². The summed E-state index contributed by atoms with van der Waals surface area (Å²) in [4.78, 5) is 26.3. The molecule has 0 fully saturated rings. The molecule has 2 N–H and O–H groups in total. The fourth-order valence-corrected chi connectivity index (χ4v) is 3.34. The van der Waals surface area contributed by atoms with E-state index in [9.17, 15) is 14.9 Å². The van der Waals surface area contributed by atoms with E-state index in [1.807, 2.05) is 24.3 Å². The molecular weight excluding hydrogens is 370 g/mol. The van der Waals surface area contributed by atoms with E-state index in [0.717, 1.165) is 21.6 Å². The van der Waals surface area contributed by atoms with Gasteiger partial charge in [-0.15, -0.1) is 0 Å². The lowest BCUT2D eigenvalue weighted by Crippen LogP contribution is -2.20. The Morgan fingerprint density at radius 1 is 1.30 bits per heavy atom. The predicted octanol–water partition coefficient (Wildman–Crippen LogP) is 2.56. The monoisotopic (exact) mass is 389 g/mol. The predicted molar refractivity (Wildman–Crippen MR) is 103 cm³/mol. The molecule has 27 heavy (non-hydrogen) atoms. The van der Waals surface area contributed by atoms with Gasteiger partial charge in [0, 0.05) is 6.42 Å². The molecule has 0 radical (unpaired) electrons. The van der Waals surface area contributed by atoms with Crippen molar-refractivity contribution in [1.82, 2.24) is 14.6 Å². The van der Waals surface area contributed by atoms with Crippen LogP contribution in [0.3, 0.4) is 0 Å². The first kappa shape index (κ1) is 18.8. The Hall–Kier alpha value is -3.01. The molecule has 0 unspecified atom stereocenters. The van der Waals surface area contributed by atoms with Crippen LogP contribution in [0.25, 0.3) is 4.96 Å². The Kier molecular flexibility index (Phi) is 4.83. The van der Waals surface area contributed by atoms with Crippen LogP contribution in [0.5, 0.6) is 5.75 Å². The molecule has 2 aromatic heterocycles. The maximum absolute atomic E-state index is 12.1. The molecule has 9 nitrogen and oxygen atoms in total. The number of nitro groups is 1. The molecule has 2 heterocycles. The fourth-order valence-electron chi connectivity index (χ4n) is 2.47. The summed E-state index contributed by atoms with van der Waals surface area (Å²) >= 11 is 1.15. The molecule has 0 amide bonds. The SMILES string of the molecule is CC(C)(C)c1ccc(OCCc2nn3c(=O)c([N+](=O)[O-])c(N)nc3s2)cc1. The fraction of sp³-hybridized carbons (Fsp3) is 0.353. The largest absolute Gasteiger partial charge is 0.493 e. The van der Waals surface area contributed by atoms with Gasteiger partial charge in [-0.05, 0) is 23.1 Å². The lowest BCUT2D eigenvalue weighted by molar-refractivity contribution is -0.385. The van der Waals surface area contributed by atoms with E-state index in [-0.39, 0.29) is 10.4 Å². The van der Waals surface area contributed by atoms with Crippen molar-refractivity contribution >= 4 is 27.8 Å². The van der Waals surface area contributed by atoms with Crippen LogP contribution >= 0.6 is 11.3 Å². The smallest absolute Gasteiger partial charge is 0.377 e. The molecular formula is C17H19N5O4S. The number of nitrogens with two attached hydrogens (primary N) is 1. The van der Waals surface area contributed by atoms with Crippen molar-refractivity contribution in [2.24, 2.45) is 0 Å². The number of nitrogens with zero attached hydrogens (tertiary/aromatic N) is 4. The second kappa shape index (κ2) is 6.95. The van der Waals surface area contributed by atoms with Crippen LogP contribution in [0.2, 0.25) is 0 Å². The summed E-state index contributed by atoms with van der Waals surface area (Å²) < 4.78 is 6.62. The van der Waals surface area contributed by atoms with Crippen LogP contribution in [-0.4, -0.2) is 26.1 Å². The van der Waals surface area contributed by atoms with Gasteiger partial charge in [0.25, 0.3) is 0 Å². The average molecular weight is 389 g/mol. The number of hydrogen-bond donors (Lipinski definition) is 1. The maximum atomic E-state index is 12.1. The van der Waals surface area contributed by atoms with Gasteiger partial charge in [0.05, 0.1) is 11.5 Å². The highest BCUT2D eigenvalue weighted by atomic mass is 32.1. The summed E-state index contributed by atoms with van der Waals surface area (Å²) in [7, 11) is 0. The average Bonchev–Trinajstić information content (AvgIpc) is 2.97. The van der Waals surface area contributed by atoms with Crippen LogP contribution in [0.15, 0.2) is 29.1 Å². The van der Waals surface area contributed by atoms with E-state index in [2.05, 4.69) is 30.9 Å². The Labute approximate surface area is 158 Å². The number of fused-ring (bicyclic) bond motifs is 1. The number of aromatic nitrogens is 3. The van der Waals surface area contributed by atoms with Gasteiger partial charge in [0.15, 0.2) is 0 Å². The quantitative estimate of drug-likeness (QED) is 0.525. The third-order valence-electron chi connectivity index (χ3n) is 3.94. The van der Waals surface area contributed by atoms with Gasteiger partial charge < -0.3 is 10.5 Å². The Balaban J connectivity index is 1.72. The number of nitrogen functional groups attached to an aromatic ring is 1. The molecule has 10 heteroatoms. The Morgan fingerprint density at radius 3 is 2.56 bits per heavy atom. The van der Waals surface area contributed by atoms with Gasteiger partial charge in [-0.1, -0.05) is 44.2 Å². The van der Waals surface area contributed by atoms with Gasteiger partial charge >= 0.3 is 11.2 Å². The summed E-state index contributed by atoms with van der Waals surface area (Å²) in [6.45, 7) is 6.77. The zero-order valence-electron chi connectivity index (χ0n) is 15.1. The van der Waals surface area contributed by atoms with E-state index in [4.69, 9.17) is 10.5 Å². The minimum absolute atomic E-state index is 0.0737. The summed E-state index contributed by atoms with van der Waals surface area (Å²) in [5.74, 6) is 0.328. The van der Waals surface area contributed by atoms with E-state index < -0.39 is 22.0 Å². The van der Waals surface area contributed by atoms with Crippen molar-refractivity contribution in [2.45, 2.75) is 32.6 Å². The van der Waals surface area contributed by atoms with E-state index in [0.29, 0.717) is 18.0 Å². The molecule has 0 atom stereocenters. The first-order valence-electron chi connectivity index (χ1n) is 8.23. The zero-order valence-corrected chi connectivity index (χ0v) is 15.9. The lowest BCUT2D eigenvalue weighted by atomic mass is 9.87. The molecule has 0 saturated heterocycles. The second-order valence-corrected chi connectivity index (χ2v) is 8.01. The summed E-state index contributed by atoms with van der Waals surface area (Å²) in [6, 6.07) is 7.88. The first-order chi connectivity index (χ1) is 12.7. The molecule has 0 spiro atoms. The van der Waals surface area contributed by atoms with Gasteiger partial charge in [-0.2, -0.15) is 14.6 Å². The topological polar surface area (TPSA) is 126 Å². The van der Waals surface area contributed by atoms with E-state index in [1.54, 1.807) is 0 Å². The number of benzene rings is 1. The second-order valence-electron chi connectivity index (χ2n) is 6.97. The first-order valence-corrected chi connectivity index (χ1v) is 9.04. The van der Waals surface area contributed by atoms with E-state index >= 15 is 0 Å². The molecule has 0 aliphatic heterocycles. The van der Waals surface area contributed by atoms with Gasteiger partial charge in [-0.3, -0.25) is 14.9 Å². The molecule has 0 bridgehead atoms. The van der Waals surface area contributed by atoms with Crippen LogP contribution in [-0.2, 0) is 11.8 Å². The summed E-state index contributed by atoms with van der Waals surface area (Å²) in [5.41, 5.74) is 5.14. The number of rotatable bonds is 5. The minimum atomic E-state index is -0.885. The molecule has 142 valence electrons. The highest BCUT2D eigenvalue weighted by Crippen LogP contribution is 2.24. The van der Waals surface area contributed by atoms with Crippen LogP contribution in [0.4, 0.5) is 11.5 Å². The van der Waals surface area contributed by atoms with Crippen molar-refractivity contribution in [3.8, 4) is 5.75 Å². The molecule has 0 aliphatic rings. The number of anilines is 1. The van der Waals surface area contributed by atoms with E-state index in [1.165, 1.54) is 5.56 Å². The standard InChI is InChI=1S/C17H19N5O4S/c1-17(2,3)10-4-6-11(7-5-10)26-9-8-12-20-21-15(23)13(22(24)25)14(18)19-16(21)27-12/h4-7H,8-9,18H2,1-3H3. The molecule has 3 aromatic rings. The molecule has 0 aliphatic carbocycles. The number of ether oxygens (including phenoxy) is 1. The lowest BCUT2D eigenvalue weighted by Gasteiger charge is -2.19. The number of hydrogen-bond acceptors (Lipinski definition) is 8. The van der Waals surface area contributed by atoms with Gasteiger partial charge in [0.2, 0.25) is 10.8 Å². The maximum Gasteiger partial charge on any atom is 0.377 e. The minimum Gasteiger partial charge on any atom is -0.493 e. The molecule has 0 saturated carbocycles. The van der Waals surface area contributed by atoms with Crippen LogP contribution < -0.4 is 16.0 Å². The van der Waals surface area contributed by atoms with Crippen molar-refractivity contribution in [3.05, 3.63) is 55.3 Å². The van der Waals surface area contributed by atoms with Crippen molar-refractivity contribution in [3.63, 3.8) is 0 Å². The normalized spacial score (nSPS) is 11.7.